The summed E-state index contributed by atoms with van der Waals surface area (Å²) in [6, 6.07) is 9.06. The molecular formula is C19H21N3O5S. The van der Waals surface area contributed by atoms with Crippen molar-refractivity contribution in [3.8, 4) is 17.1 Å². The predicted molar refractivity (Wildman–Crippen MR) is 104 cm³/mol. The zero-order chi connectivity index (χ0) is 20.1. The third kappa shape index (κ3) is 5.30. The van der Waals surface area contributed by atoms with Crippen molar-refractivity contribution in [2.45, 2.75) is 26.8 Å². The van der Waals surface area contributed by atoms with Crippen LogP contribution >= 0.6 is 0 Å². The van der Waals surface area contributed by atoms with Crippen molar-refractivity contribution in [3.05, 3.63) is 60.4 Å². The highest BCUT2D eigenvalue weighted by atomic mass is 32.2. The Balaban J connectivity index is 1.90. The highest BCUT2D eigenvalue weighted by molar-refractivity contribution is 7.77. The van der Waals surface area contributed by atoms with E-state index in [0.717, 1.165) is 12.0 Å². The number of benzene rings is 1. The Labute approximate surface area is 165 Å². The van der Waals surface area contributed by atoms with E-state index in [1.165, 1.54) is 0 Å². The maximum atomic E-state index is 11.8. The number of rotatable bonds is 7. The number of aromatic nitrogens is 2. The van der Waals surface area contributed by atoms with Gasteiger partial charge in [-0.1, -0.05) is 19.9 Å². The maximum absolute atomic E-state index is 11.8. The second-order valence-electron chi connectivity index (χ2n) is 6.67. The first-order chi connectivity index (χ1) is 13.4. The van der Waals surface area contributed by atoms with Gasteiger partial charge in [0.1, 0.15) is 17.3 Å². The van der Waals surface area contributed by atoms with E-state index in [1.54, 1.807) is 29.4 Å². The molecule has 0 fully saturated rings. The monoisotopic (exact) mass is 403 g/mol. The summed E-state index contributed by atoms with van der Waals surface area (Å²) in [6.07, 6.45) is 5.04. The molecule has 0 saturated heterocycles. The summed E-state index contributed by atoms with van der Waals surface area (Å²) in [6.45, 7) is 4.75. The molecule has 9 heteroatoms. The molecule has 0 aliphatic rings. The summed E-state index contributed by atoms with van der Waals surface area (Å²) in [5.41, 5.74) is 1.66. The van der Waals surface area contributed by atoms with Crippen molar-refractivity contribution < 1.29 is 22.7 Å². The van der Waals surface area contributed by atoms with Crippen molar-refractivity contribution in [1.82, 2.24) is 14.3 Å². The lowest BCUT2D eigenvalue weighted by Crippen LogP contribution is -2.28. The van der Waals surface area contributed by atoms with Gasteiger partial charge >= 0.3 is 6.09 Å². The van der Waals surface area contributed by atoms with E-state index in [1.807, 2.05) is 29.0 Å². The van der Waals surface area contributed by atoms with Crippen LogP contribution in [0.15, 0.2) is 53.5 Å². The van der Waals surface area contributed by atoms with E-state index in [-0.39, 0.29) is 5.75 Å². The topological polar surface area (TPSA) is 107 Å². The summed E-state index contributed by atoms with van der Waals surface area (Å²) in [4.78, 5) is 15.8. The lowest BCUT2D eigenvalue weighted by atomic mass is 9.99. The number of nitrogens with zero attached hydrogens (tertiary/aromatic N) is 2. The van der Waals surface area contributed by atoms with Gasteiger partial charge in [-0.3, -0.25) is 4.55 Å². The van der Waals surface area contributed by atoms with Gasteiger partial charge in [-0.05, 0) is 42.2 Å². The lowest BCUT2D eigenvalue weighted by molar-refractivity contribution is 0.206. The summed E-state index contributed by atoms with van der Waals surface area (Å²) >= 11 is -2.50. The summed E-state index contributed by atoms with van der Waals surface area (Å²) in [5, 5.41) is 0. The van der Waals surface area contributed by atoms with Crippen molar-refractivity contribution in [2.24, 2.45) is 5.92 Å². The predicted octanol–water partition coefficient (Wildman–Crippen LogP) is 3.62. The Kier molecular flexibility index (Phi) is 6.27. The molecule has 0 radical (unpaired) electrons. The summed E-state index contributed by atoms with van der Waals surface area (Å²) in [7, 11) is 0. The third-order valence-electron chi connectivity index (χ3n) is 3.89. The van der Waals surface area contributed by atoms with Crippen LogP contribution in [0.4, 0.5) is 4.79 Å². The van der Waals surface area contributed by atoms with Crippen molar-refractivity contribution in [2.75, 3.05) is 0 Å². The van der Waals surface area contributed by atoms with Crippen LogP contribution in [-0.4, -0.2) is 24.4 Å². The van der Waals surface area contributed by atoms with Crippen LogP contribution in [0.5, 0.6) is 5.75 Å². The fourth-order valence-electron chi connectivity index (χ4n) is 2.82. The molecule has 1 amide bonds. The van der Waals surface area contributed by atoms with Gasteiger partial charge in [-0.15, -0.1) is 0 Å². The second-order valence-corrected chi connectivity index (χ2v) is 7.37. The molecule has 0 aliphatic heterocycles. The molecule has 0 aliphatic carbocycles. The van der Waals surface area contributed by atoms with Crippen LogP contribution in [0.25, 0.3) is 11.3 Å². The second kappa shape index (κ2) is 8.85. The minimum Gasteiger partial charge on any atom is -0.459 e. The quantitative estimate of drug-likeness (QED) is 0.584. The van der Waals surface area contributed by atoms with Gasteiger partial charge in [0, 0.05) is 12.4 Å². The molecule has 2 heterocycles. The number of ether oxygens (including phenoxy) is 1. The van der Waals surface area contributed by atoms with E-state index >= 15 is 0 Å². The molecule has 3 aromatic rings. The largest absolute Gasteiger partial charge is 0.459 e. The van der Waals surface area contributed by atoms with E-state index < -0.39 is 17.4 Å². The van der Waals surface area contributed by atoms with Gasteiger partial charge < -0.3 is 13.7 Å². The Morgan fingerprint density at radius 3 is 2.86 bits per heavy atom. The Hall–Kier alpha value is -2.91. The number of imidazole rings is 1. The van der Waals surface area contributed by atoms with Gasteiger partial charge in [0.05, 0.1) is 18.4 Å². The molecule has 2 aromatic heterocycles. The number of hydrogen-bond donors (Lipinski definition) is 2. The minimum atomic E-state index is -2.50. The maximum Gasteiger partial charge on any atom is 0.426 e. The van der Waals surface area contributed by atoms with E-state index in [9.17, 15) is 9.00 Å². The number of amides is 1. The normalized spacial score (nSPS) is 12.1. The number of carbonyl (C=O) groups excluding carboxylic acids is 1. The number of furan rings is 1. The van der Waals surface area contributed by atoms with Crippen molar-refractivity contribution in [1.29, 1.82) is 0 Å². The van der Waals surface area contributed by atoms with Crippen LogP contribution in [0.1, 0.15) is 25.2 Å². The summed E-state index contributed by atoms with van der Waals surface area (Å²) < 4.78 is 34.3. The Bertz CT molecular complexity index is 966. The molecule has 2 N–H and O–H groups in total. The van der Waals surface area contributed by atoms with Gasteiger partial charge in [0.25, 0.3) is 11.3 Å². The molecule has 28 heavy (non-hydrogen) atoms. The fraction of sp³-hybridized carbons (Fsp3) is 0.263. The average Bonchev–Trinajstić information content (AvgIpc) is 3.27. The van der Waals surface area contributed by atoms with Gasteiger partial charge in [-0.25, -0.2) is 18.7 Å². The molecule has 1 atom stereocenters. The van der Waals surface area contributed by atoms with E-state index in [0.29, 0.717) is 29.5 Å². The zero-order valence-corrected chi connectivity index (χ0v) is 16.3. The lowest BCUT2D eigenvalue weighted by Gasteiger charge is -2.12. The number of hydrogen-bond acceptors (Lipinski definition) is 5. The van der Waals surface area contributed by atoms with Crippen LogP contribution in [0.2, 0.25) is 0 Å². The molecular weight excluding hydrogens is 382 g/mol. The smallest absolute Gasteiger partial charge is 0.426 e. The SMILES string of the molecule is CC(C)Cc1ccc(OC(=O)NS(=O)O)c(-c2ccc(Cn3ccnc3)o2)c1. The van der Waals surface area contributed by atoms with E-state index in [4.69, 9.17) is 13.7 Å². The van der Waals surface area contributed by atoms with Gasteiger partial charge in [-0.2, -0.15) is 0 Å². The Morgan fingerprint density at radius 1 is 1.36 bits per heavy atom. The molecule has 0 bridgehead atoms. The molecule has 1 unspecified atom stereocenters. The molecule has 148 valence electrons. The fourth-order valence-corrected chi connectivity index (χ4v) is 3.00. The van der Waals surface area contributed by atoms with Crippen LogP contribution in [-0.2, 0) is 24.2 Å². The first-order valence-electron chi connectivity index (χ1n) is 8.68. The molecule has 8 nitrogen and oxygen atoms in total. The number of nitrogens with one attached hydrogen (secondary N) is 1. The first-order valence-corrected chi connectivity index (χ1v) is 9.78. The first kappa shape index (κ1) is 19.8. The van der Waals surface area contributed by atoms with Crippen LogP contribution in [0.3, 0.4) is 0 Å². The van der Waals surface area contributed by atoms with E-state index in [2.05, 4.69) is 18.8 Å². The van der Waals surface area contributed by atoms with Crippen molar-refractivity contribution >= 4 is 17.4 Å². The van der Waals surface area contributed by atoms with Crippen molar-refractivity contribution in [3.63, 3.8) is 0 Å². The highest BCUT2D eigenvalue weighted by Crippen LogP contribution is 2.33. The van der Waals surface area contributed by atoms with Gasteiger partial charge in [0.2, 0.25) is 0 Å². The zero-order valence-electron chi connectivity index (χ0n) is 15.5. The van der Waals surface area contributed by atoms with Crippen LogP contribution in [0, 0.1) is 5.92 Å². The summed E-state index contributed by atoms with van der Waals surface area (Å²) in [5.74, 6) is 1.94. The van der Waals surface area contributed by atoms with Gasteiger partial charge in [0.15, 0.2) is 0 Å². The number of carbonyl (C=O) groups is 1. The molecule has 3 rings (SSSR count). The minimum absolute atomic E-state index is 0.235. The third-order valence-corrected chi connectivity index (χ3v) is 4.23. The highest BCUT2D eigenvalue weighted by Gasteiger charge is 2.16. The Morgan fingerprint density at radius 2 is 2.18 bits per heavy atom. The molecule has 1 aromatic carbocycles. The standard InChI is InChI=1S/C19H21N3O5S/c1-13(2)9-14-3-5-18(27-19(23)21-28(24)25)16(10-14)17-6-4-15(26-17)11-22-8-7-20-12-22/h3-8,10,12-13H,9,11H2,1-2H3,(H,21,23)(H,24,25). The molecule has 0 spiro atoms. The molecule has 0 saturated carbocycles. The van der Waals surface area contributed by atoms with Crippen LogP contribution < -0.4 is 9.46 Å². The average molecular weight is 403 g/mol.